The zero-order valence-electron chi connectivity index (χ0n) is 11.0. The van der Waals surface area contributed by atoms with Crippen LogP contribution >= 0.6 is 0 Å². The van der Waals surface area contributed by atoms with Gasteiger partial charge in [-0.25, -0.2) is 4.98 Å². The van der Waals surface area contributed by atoms with Crippen LogP contribution in [0.5, 0.6) is 0 Å². The summed E-state index contributed by atoms with van der Waals surface area (Å²) < 4.78 is 2.14. The third-order valence-corrected chi connectivity index (χ3v) is 2.81. The molecular formula is C13H22N4. The van der Waals surface area contributed by atoms with Crippen molar-refractivity contribution in [2.24, 2.45) is 11.1 Å². The van der Waals surface area contributed by atoms with E-state index in [1.54, 1.807) is 0 Å². The van der Waals surface area contributed by atoms with Crippen molar-refractivity contribution in [3.05, 3.63) is 18.2 Å². The lowest BCUT2D eigenvalue weighted by atomic mass is 9.90. The number of nitrogens with two attached hydrogens (primary N) is 1. The smallest absolute Gasteiger partial charge is 0.110 e. The molecule has 0 aliphatic carbocycles. The maximum absolute atomic E-state index is 8.94. The second-order valence-corrected chi connectivity index (χ2v) is 5.32. The van der Waals surface area contributed by atoms with Crippen LogP contribution < -0.4 is 5.73 Å². The number of hydrogen-bond acceptors (Lipinski definition) is 3. The molecule has 0 radical (unpaired) electrons. The van der Waals surface area contributed by atoms with Crippen molar-refractivity contribution in [1.29, 1.82) is 5.26 Å². The molecule has 0 saturated carbocycles. The number of nitriles is 1. The predicted octanol–water partition coefficient (Wildman–Crippen LogP) is 2.10. The van der Waals surface area contributed by atoms with Crippen molar-refractivity contribution in [2.75, 3.05) is 0 Å². The van der Waals surface area contributed by atoms with Crippen LogP contribution in [0.1, 0.15) is 39.4 Å². The van der Waals surface area contributed by atoms with E-state index in [1.165, 1.54) is 0 Å². The molecule has 0 fully saturated rings. The molecule has 1 unspecified atom stereocenters. The molecule has 0 spiro atoms. The van der Waals surface area contributed by atoms with Gasteiger partial charge in [-0.3, -0.25) is 0 Å². The van der Waals surface area contributed by atoms with Gasteiger partial charge in [0.25, 0.3) is 0 Å². The second kappa shape index (κ2) is 5.83. The first-order valence-electron chi connectivity index (χ1n) is 6.11. The van der Waals surface area contributed by atoms with Gasteiger partial charge in [-0.15, -0.1) is 0 Å². The van der Waals surface area contributed by atoms with Crippen LogP contribution in [0.2, 0.25) is 0 Å². The Bertz CT molecular complexity index is 384. The Balaban J connectivity index is 2.47. The molecular weight excluding hydrogens is 212 g/mol. The molecule has 1 aromatic heterocycles. The van der Waals surface area contributed by atoms with E-state index in [9.17, 15) is 0 Å². The second-order valence-electron chi connectivity index (χ2n) is 5.32. The first kappa shape index (κ1) is 13.7. The molecule has 0 amide bonds. The summed E-state index contributed by atoms with van der Waals surface area (Å²) in [6, 6.07) is 2.45. The van der Waals surface area contributed by atoms with Gasteiger partial charge in [0.2, 0.25) is 0 Å². The topological polar surface area (TPSA) is 67.6 Å². The Hall–Kier alpha value is -1.34. The van der Waals surface area contributed by atoms with Crippen molar-refractivity contribution in [1.82, 2.24) is 9.55 Å². The van der Waals surface area contributed by atoms with Gasteiger partial charge >= 0.3 is 0 Å². The van der Waals surface area contributed by atoms with Crippen LogP contribution in [0.4, 0.5) is 0 Å². The van der Waals surface area contributed by atoms with E-state index in [2.05, 4.69) is 15.6 Å². The van der Waals surface area contributed by atoms with Crippen molar-refractivity contribution in [2.45, 2.75) is 52.6 Å². The molecule has 94 valence electrons. The quantitative estimate of drug-likeness (QED) is 0.819. The molecule has 1 atom stereocenters. The van der Waals surface area contributed by atoms with Gasteiger partial charge in [-0.1, -0.05) is 0 Å². The molecule has 2 N–H and O–H groups in total. The molecule has 4 heteroatoms. The average Bonchev–Trinajstić information content (AvgIpc) is 2.65. The first-order chi connectivity index (χ1) is 7.94. The predicted molar refractivity (Wildman–Crippen MR) is 68.2 cm³/mol. The molecule has 0 saturated heterocycles. The zero-order chi connectivity index (χ0) is 12.9. The fraction of sp³-hybridized carbons (Fsp3) is 0.692. The molecule has 1 heterocycles. The van der Waals surface area contributed by atoms with Crippen molar-refractivity contribution < 1.29 is 0 Å². The van der Waals surface area contributed by atoms with Gasteiger partial charge in [0.05, 0.1) is 11.5 Å². The minimum Gasteiger partial charge on any atom is -0.335 e. The van der Waals surface area contributed by atoms with Crippen molar-refractivity contribution >= 4 is 0 Å². The van der Waals surface area contributed by atoms with Gasteiger partial charge in [0.15, 0.2) is 0 Å². The standard InChI is InChI=1S/C13H22N4/c1-11(15)9-12-16-6-8-17(12)7-4-5-13(2,3)10-14/h6,8,11H,4-5,7,9,15H2,1-3H3. The summed E-state index contributed by atoms with van der Waals surface area (Å²) >= 11 is 0. The number of hydrogen-bond donors (Lipinski definition) is 1. The Morgan fingerprint density at radius 1 is 1.59 bits per heavy atom. The number of nitrogens with zero attached hydrogens (tertiary/aromatic N) is 3. The number of aryl methyl sites for hydroxylation is 1. The minimum absolute atomic E-state index is 0.131. The molecule has 0 aromatic carbocycles. The Morgan fingerprint density at radius 2 is 2.29 bits per heavy atom. The lowest BCUT2D eigenvalue weighted by Gasteiger charge is -2.15. The summed E-state index contributed by atoms with van der Waals surface area (Å²) in [5.74, 6) is 1.04. The summed E-state index contributed by atoms with van der Waals surface area (Å²) in [4.78, 5) is 4.31. The fourth-order valence-electron chi connectivity index (χ4n) is 1.77. The lowest BCUT2D eigenvalue weighted by molar-refractivity contribution is 0.412. The van der Waals surface area contributed by atoms with E-state index in [0.29, 0.717) is 0 Å². The highest BCUT2D eigenvalue weighted by Crippen LogP contribution is 2.21. The molecule has 1 rings (SSSR count). The van der Waals surface area contributed by atoms with Gasteiger partial charge in [-0.05, 0) is 33.6 Å². The van der Waals surface area contributed by atoms with Crippen molar-refractivity contribution in [3.8, 4) is 6.07 Å². The molecule has 4 nitrogen and oxygen atoms in total. The third kappa shape index (κ3) is 4.58. The highest BCUT2D eigenvalue weighted by Gasteiger charge is 2.16. The van der Waals surface area contributed by atoms with Crippen LogP contribution in [0.3, 0.4) is 0 Å². The normalized spacial score (nSPS) is 13.4. The highest BCUT2D eigenvalue weighted by atomic mass is 15.1. The van der Waals surface area contributed by atoms with E-state index in [1.807, 2.05) is 33.2 Å². The van der Waals surface area contributed by atoms with Gasteiger partial charge in [0.1, 0.15) is 5.82 Å². The summed E-state index contributed by atoms with van der Waals surface area (Å²) in [6.07, 6.45) is 6.49. The Morgan fingerprint density at radius 3 is 2.88 bits per heavy atom. The van der Waals surface area contributed by atoms with E-state index < -0.39 is 0 Å². The molecule has 0 aliphatic rings. The van der Waals surface area contributed by atoms with Crippen LogP contribution in [-0.4, -0.2) is 15.6 Å². The first-order valence-corrected chi connectivity index (χ1v) is 6.11. The fourth-order valence-corrected chi connectivity index (χ4v) is 1.77. The summed E-state index contributed by atoms with van der Waals surface area (Å²) in [5, 5.41) is 8.94. The largest absolute Gasteiger partial charge is 0.335 e. The minimum atomic E-state index is -0.234. The van der Waals surface area contributed by atoms with Crippen LogP contribution in [0, 0.1) is 16.7 Å². The number of imidazole rings is 1. The van der Waals surface area contributed by atoms with Crippen molar-refractivity contribution in [3.63, 3.8) is 0 Å². The maximum Gasteiger partial charge on any atom is 0.110 e. The summed E-state index contributed by atoms with van der Waals surface area (Å²) in [6.45, 7) is 6.85. The molecule has 17 heavy (non-hydrogen) atoms. The number of rotatable bonds is 6. The monoisotopic (exact) mass is 234 g/mol. The SMILES string of the molecule is CC(N)Cc1nccn1CCCC(C)(C)C#N. The van der Waals surface area contributed by atoms with Crippen LogP contribution in [0.25, 0.3) is 0 Å². The maximum atomic E-state index is 8.94. The summed E-state index contributed by atoms with van der Waals surface area (Å²) in [7, 11) is 0. The molecule has 0 bridgehead atoms. The van der Waals surface area contributed by atoms with E-state index in [0.717, 1.165) is 31.6 Å². The van der Waals surface area contributed by atoms with Gasteiger partial charge in [0, 0.05) is 31.4 Å². The van der Waals surface area contributed by atoms with Gasteiger partial charge < -0.3 is 10.3 Å². The van der Waals surface area contributed by atoms with Crippen LogP contribution in [-0.2, 0) is 13.0 Å². The van der Waals surface area contributed by atoms with E-state index in [-0.39, 0.29) is 11.5 Å². The molecule has 0 aliphatic heterocycles. The van der Waals surface area contributed by atoms with E-state index >= 15 is 0 Å². The Labute approximate surface area is 103 Å². The third-order valence-electron chi connectivity index (χ3n) is 2.81. The van der Waals surface area contributed by atoms with E-state index in [4.69, 9.17) is 11.0 Å². The number of aromatic nitrogens is 2. The highest BCUT2D eigenvalue weighted by molar-refractivity contribution is 4.95. The molecule has 1 aromatic rings. The van der Waals surface area contributed by atoms with Gasteiger partial charge in [-0.2, -0.15) is 5.26 Å². The Kier molecular flexibility index (Phi) is 4.71. The average molecular weight is 234 g/mol. The zero-order valence-corrected chi connectivity index (χ0v) is 11.0. The lowest BCUT2D eigenvalue weighted by Crippen LogP contribution is -2.20. The summed E-state index contributed by atoms with van der Waals surface area (Å²) in [5.41, 5.74) is 5.54. The van der Waals surface area contributed by atoms with Crippen LogP contribution in [0.15, 0.2) is 12.4 Å².